The Morgan fingerprint density at radius 1 is 1.24 bits per heavy atom. The number of furan rings is 1. The Hall–Kier alpha value is -1.50. The molecule has 0 atom stereocenters. The molecule has 0 aliphatic carbocycles. The Balaban J connectivity index is 2.57. The van der Waals surface area contributed by atoms with Crippen LogP contribution < -0.4 is 0 Å². The lowest BCUT2D eigenvalue weighted by Crippen LogP contribution is -1.84. The lowest BCUT2D eigenvalue weighted by atomic mass is 10.1. The van der Waals surface area contributed by atoms with Gasteiger partial charge in [-0.25, -0.2) is 0 Å². The number of halogens is 2. The normalized spacial score (nSPS) is 11.8. The topological polar surface area (TPSA) is 36.9 Å². The van der Waals surface area contributed by atoms with Crippen LogP contribution in [0.15, 0.2) is 51.7 Å². The van der Waals surface area contributed by atoms with Crippen LogP contribution in [-0.2, 0) is 0 Å². The van der Waals surface area contributed by atoms with Gasteiger partial charge >= 0.3 is 0 Å². The van der Waals surface area contributed by atoms with Gasteiger partial charge in [0.15, 0.2) is 4.67 Å². The zero-order valence-corrected chi connectivity index (χ0v) is 11.0. The first-order chi connectivity index (χ1) is 8.24. The maximum Gasteiger partial charge on any atom is 0.177 e. The van der Waals surface area contributed by atoms with Gasteiger partial charge in [-0.15, -0.1) is 0 Å². The van der Waals surface area contributed by atoms with Gasteiger partial charge in [0.2, 0.25) is 0 Å². The monoisotopic (exact) mass is 307 g/mol. The average molecular weight is 309 g/mol. The van der Waals surface area contributed by atoms with Crippen LogP contribution in [0.3, 0.4) is 0 Å². The van der Waals surface area contributed by atoms with Gasteiger partial charge in [0.05, 0.1) is 16.9 Å². The molecule has 4 heteroatoms. The Bertz CT molecular complexity index is 595. The zero-order chi connectivity index (χ0) is 12.3. The van der Waals surface area contributed by atoms with Crippen molar-refractivity contribution in [2.24, 2.45) is 0 Å². The third-order valence-corrected chi connectivity index (χ3v) is 3.25. The van der Waals surface area contributed by atoms with Crippen molar-refractivity contribution in [3.63, 3.8) is 0 Å². The van der Waals surface area contributed by atoms with E-state index in [-0.39, 0.29) is 0 Å². The molecule has 0 spiro atoms. The SMILES string of the molecule is N#C/C(=C(/Cl)c1ccoc1Br)c1ccccc1. The van der Waals surface area contributed by atoms with Crippen LogP contribution in [0, 0.1) is 11.3 Å². The third kappa shape index (κ3) is 2.44. The molecule has 0 aliphatic heterocycles. The standard InChI is InChI=1S/C13H7BrClNO/c14-13-10(6-7-17-13)12(15)11(8-16)9-4-2-1-3-5-9/h1-7H/b12-11-. The van der Waals surface area contributed by atoms with Gasteiger partial charge < -0.3 is 4.42 Å². The highest BCUT2D eigenvalue weighted by atomic mass is 79.9. The van der Waals surface area contributed by atoms with E-state index < -0.39 is 0 Å². The second kappa shape index (κ2) is 5.22. The molecule has 2 nitrogen and oxygen atoms in total. The summed E-state index contributed by atoms with van der Waals surface area (Å²) in [5, 5.41) is 9.58. The number of hydrogen-bond donors (Lipinski definition) is 0. The van der Waals surface area contributed by atoms with E-state index in [1.54, 1.807) is 6.07 Å². The molecular weight excluding hydrogens is 302 g/mol. The second-order valence-corrected chi connectivity index (χ2v) is 4.37. The van der Waals surface area contributed by atoms with Gasteiger partial charge in [-0.3, -0.25) is 0 Å². The Labute approximate surface area is 112 Å². The second-order valence-electron chi connectivity index (χ2n) is 3.27. The average Bonchev–Trinajstić information content (AvgIpc) is 2.77. The smallest absolute Gasteiger partial charge is 0.177 e. The molecule has 0 bridgehead atoms. The van der Waals surface area contributed by atoms with Crippen LogP contribution in [-0.4, -0.2) is 0 Å². The van der Waals surface area contributed by atoms with Crippen molar-refractivity contribution in [3.05, 3.63) is 58.5 Å². The van der Waals surface area contributed by atoms with E-state index in [0.29, 0.717) is 20.8 Å². The van der Waals surface area contributed by atoms with Gasteiger partial charge in [0, 0.05) is 5.56 Å². The molecule has 84 valence electrons. The summed E-state index contributed by atoms with van der Waals surface area (Å²) in [6, 6.07) is 13.1. The van der Waals surface area contributed by atoms with Gasteiger partial charge in [0.1, 0.15) is 6.07 Å². The molecule has 0 fully saturated rings. The van der Waals surface area contributed by atoms with Crippen molar-refractivity contribution in [1.82, 2.24) is 0 Å². The molecule has 2 aromatic rings. The maximum absolute atomic E-state index is 9.20. The Morgan fingerprint density at radius 3 is 2.47 bits per heavy atom. The number of nitriles is 1. The number of rotatable bonds is 2. The summed E-state index contributed by atoms with van der Waals surface area (Å²) in [4.78, 5) is 0. The molecule has 0 N–H and O–H groups in total. The third-order valence-electron chi connectivity index (χ3n) is 2.25. The summed E-state index contributed by atoms with van der Waals surface area (Å²) in [5.41, 5.74) is 1.88. The lowest BCUT2D eigenvalue weighted by molar-refractivity contribution is 0.540. The summed E-state index contributed by atoms with van der Waals surface area (Å²) >= 11 is 9.46. The van der Waals surface area contributed by atoms with Crippen LogP contribution in [0.2, 0.25) is 0 Å². The molecule has 1 heterocycles. The highest BCUT2D eigenvalue weighted by Crippen LogP contribution is 2.34. The van der Waals surface area contributed by atoms with E-state index in [2.05, 4.69) is 22.0 Å². The fourth-order valence-electron chi connectivity index (χ4n) is 1.43. The molecule has 1 aromatic heterocycles. The van der Waals surface area contributed by atoms with E-state index >= 15 is 0 Å². The fourth-order valence-corrected chi connectivity index (χ4v) is 2.28. The van der Waals surface area contributed by atoms with Gasteiger partial charge in [-0.05, 0) is 27.6 Å². The largest absolute Gasteiger partial charge is 0.457 e. The summed E-state index contributed by atoms with van der Waals surface area (Å²) in [7, 11) is 0. The van der Waals surface area contributed by atoms with Crippen molar-refractivity contribution in [2.75, 3.05) is 0 Å². The fraction of sp³-hybridized carbons (Fsp3) is 0. The predicted octanol–water partition coefficient (Wildman–Crippen LogP) is 4.67. The van der Waals surface area contributed by atoms with Crippen molar-refractivity contribution in [1.29, 1.82) is 5.26 Å². The first-order valence-corrected chi connectivity index (χ1v) is 6.00. The van der Waals surface area contributed by atoms with E-state index in [1.165, 1.54) is 6.26 Å². The summed E-state index contributed by atoms with van der Waals surface area (Å²) in [6.45, 7) is 0. The van der Waals surface area contributed by atoms with Crippen LogP contribution >= 0.6 is 27.5 Å². The number of allylic oxidation sites excluding steroid dienone is 1. The molecule has 0 unspecified atom stereocenters. The first kappa shape index (κ1) is 12.0. The van der Waals surface area contributed by atoms with Gasteiger partial charge in [0.25, 0.3) is 0 Å². The van der Waals surface area contributed by atoms with Crippen LogP contribution in [0.1, 0.15) is 11.1 Å². The minimum atomic E-state index is 0.374. The number of benzene rings is 1. The first-order valence-electron chi connectivity index (χ1n) is 4.82. The molecule has 0 aliphatic rings. The predicted molar refractivity (Wildman–Crippen MR) is 71.1 cm³/mol. The molecule has 17 heavy (non-hydrogen) atoms. The van der Waals surface area contributed by atoms with Crippen molar-refractivity contribution in [2.45, 2.75) is 0 Å². The zero-order valence-electron chi connectivity index (χ0n) is 8.65. The number of nitrogens with zero attached hydrogens (tertiary/aromatic N) is 1. The molecule has 0 radical (unpaired) electrons. The molecule has 0 amide bonds. The Morgan fingerprint density at radius 2 is 1.94 bits per heavy atom. The molecule has 1 aromatic carbocycles. The van der Waals surface area contributed by atoms with E-state index in [0.717, 1.165) is 5.56 Å². The highest BCUT2D eigenvalue weighted by Gasteiger charge is 2.13. The van der Waals surface area contributed by atoms with Crippen molar-refractivity contribution >= 4 is 38.1 Å². The van der Waals surface area contributed by atoms with Gasteiger partial charge in [-0.1, -0.05) is 41.9 Å². The quantitative estimate of drug-likeness (QED) is 0.756. The minimum Gasteiger partial charge on any atom is -0.457 e. The van der Waals surface area contributed by atoms with E-state index in [1.807, 2.05) is 30.3 Å². The van der Waals surface area contributed by atoms with E-state index in [4.69, 9.17) is 16.0 Å². The maximum atomic E-state index is 9.20. The number of hydrogen-bond acceptors (Lipinski definition) is 2. The summed E-state index contributed by atoms with van der Waals surface area (Å²) < 4.78 is 5.62. The van der Waals surface area contributed by atoms with Crippen molar-refractivity contribution in [3.8, 4) is 6.07 Å². The Kier molecular flexibility index (Phi) is 3.68. The summed E-state index contributed by atoms with van der Waals surface area (Å²) in [6.07, 6.45) is 1.52. The minimum absolute atomic E-state index is 0.374. The molecule has 2 rings (SSSR count). The molecule has 0 saturated heterocycles. The molecular formula is C13H7BrClNO. The molecule has 0 saturated carbocycles. The van der Waals surface area contributed by atoms with Crippen LogP contribution in [0.4, 0.5) is 0 Å². The van der Waals surface area contributed by atoms with Crippen LogP contribution in [0.5, 0.6) is 0 Å². The summed E-state index contributed by atoms with van der Waals surface area (Å²) in [5.74, 6) is 0. The van der Waals surface area contributed by atoms with E-state index in [9.17, 15) is 5.26 Å². The highest BCUT2D eigenvalue weighted by molar-refractivity contribution is 9.10. The lowest BCUT2D eigenvalue weighted by Gasteiger charge is -2.02. The van der Waals surface area contributed by atoms with Crippen LogP contribution in [0.25, 0.3) is 10.6 Å². The van der Waals surface area contributed by atoms with Crippen molar-refractivity contribution < 1.29 is 4.42 Å². The van der Waals surface area contributed by atoms with Gasteiger partial charge in [-0.2, -0.15) is 5.26 Å².